The number of hydrogen-bond acceptors (Lipinski definition) is 10. The summed E-state index contributed by atoms with van der Waals surface area (Å²) in [7, 11) is 2.46. The summed E-state index contributed by atoms with van der Waals surface area (Å²) in [6.07, 6.45) is 11.5. The highest BCUT2D eigenvalue weighted by Gasteiger charge is 2.40. The minimum Gasteiger partial charge on any atom is -0.453 e. The molecule has 3 aliphatic rings. The summed E-state index contributed by atoms with van der Waals surface area (Å²) >= 11 is 1.34. The minimum atomic E-state index is -1.01. The van der Waals surface area contributed by atoms with E-state index in [1.807, 2.05) is 30.5 Å². The maximum atomic E-state index is 13.7. The average Bonchev–Trinajstić information content (AvgIpc) is 4.10. The van der Waals surface area contributed by atoms with Crippen molar-refractivity contribution in [2.45, 2.75) is 62.7 Å². The monoisotopic (exact) mass is 832 g/mol. The van der Waals surface area contributed by atoms with Gasteiger partial charge in [-0.2, -0.15) is 0 Å². The molecule has 0 saturated carbocycles. The van der Waals surface area contributed by atoms with E-state index in [0.717, 1.165) is 17.7 Å². The van der Waals surface area contributed by atoms with Gasteiger partial charge in [-0.05, 0) is 79.8 Å². The quantitative estimate of drug-likeness (QED) is 0.163. The fraction of sp³-hybridized carbons (Fsp3) is 0.326. The van der Waals surface area contributed by atoms with Gasteiger partial charge in [-0.25, -0.2) is 14.6 Å². The number of anilines is 2. The summed E-state index contributed by atoms with van der Waals surface area (Å²) in [6.45, 7) is 0.750. The highest BCUT2D eigenvalue weighted by molar-refractivity contribution is 7.17. The Morgan fingerprint density at radius 3 is 2.02 bits per heavy atom. The van der Waals surface area contributed by atoms with E-state index in [0.29, 0.717) is 71.9 Å². The minimum absolute atomic E-state index is 0.331. The first-order chi connectivity index (χ1) is 29.1. The number of nitrogens with zero attached hydrogens (tertiary/aromatic N) is 4. The Morgan fingerprint density at radius 2 is 1.40 bits per heavy atom. The van der Waals surface area contributed by atoms with Crippen molar-refractivity contribution in [1.29, 1.82) is 0 Å². The number of nitrogens with one attached hydrogen (secondary N) is 4. The highest BCUT2D eigenvalue weighted by Crippen LogP contribution is 2.27. The van der Waals surface area contributed by atoms with Gasteiger partial charge in [0.1, 0.15) is 24.2 Å². The zero-order valence-electron chi connectivity index (χ0n) is 33.0. The van der Waals surface area contributed by atoms with Crippen LogP contribution < -0.4 is 21.3 Å². The molecule has 4 aromatic rings. The van der Waals surface area contributed by atoms with Crippen LogP contribution in [-0.4, -0.2) is 100 Å². The van der Waals surface area contributed by atoms with Gasteiger partial charge in [0.15, 0.2) is 10.8 Å². The Kier molecular flexibility index (Phi) is 12.9. The number of carbonyl (C=O) groups is 6. The first-order valence-electron chi connectivity index (χ1n) is 19.6. The Balaban J connectivity index is 0.946. The number of imidazole rings is 1. The molecule has 310 valence electrons. The summed E-state index contributed by atoms with van der Waals surface area (Å²) in [4.78, 5) is 87.4. The third kappa shape index (κ3) is 9.50. The Morgan fingerprint density at radius 1 is 0.767 bits per heavy atom. The molecule has 17 heteroatoms. The first-order valence-corrected chi connectivity index (χ1v) is 20.4. The number of amides is 6. The molecule has 0 radical (unpaired) electrons. The maximum absolute atomic E-state index is 13.7. The van der Waals surface area contributed by atoms with Crippen LogP contribution >= 0.6 is 11.3 Å². The fourth-order valence-electron chi connectivity index (χ4n) is 7.48. The third-order valence-electron chi connectivity index (χ3n) is 10.4. The van der Waals surface area contributed by atoms with Gasteiger partial charge in [0.2, 0.25) is 11.8 Å². The van der Waals surface area contributed by atoms with Crippen LogP contribution in [0.2, 0.25) is 0 Å². The lowest BCUT2D eigenvalue weighted by Crippen LogP contribution is -2.53. The predicted octanol–water partition coefficient (Wildman–Crippen LogP) is 4.75. The van der Waals surface area contributed by atoms with Crippen LogP contribution in [0.4, 0.5) is 21.1 Å². The van der Waals surface area contributed by atoms with Crippen molar-refractivity contribution in [3.05, 3.63) is 107 Å². The molecule has 4 heterocycles. The van der Waals surface area contributed by atoms with Gasteiger partial charge in [0.05, 0.1) is 25.3 Å². The van der Waals surface area contributed by atoms with Crippen LogP contribution in [0.25, 0.3) is 4.96 Å². The number of benzene rings is 2. The zero-order valence-corrected chi connectivity index (χ0v) is 33.8. The molecule has 2 aliphatic heterocycles. The van der Waals surface area contributed by atoms with Crippen LogP contribution in [-0.2, 0) is 28.7 Å². The molecule has 7 rings (SSSR count). The second-order valence-corrected chi connectivity index (χ2v) is 15.3. The first kappa shape index (κ1) is 41.2. The summed E-state index contributed by atoms with van der Waals surface area (Å²) in [6, 6.07) is 12.4. The number of fused-ring (bicyclic) bond motifs is 1. The summed E-state index contributed by atoms with van der Waals surface area (Å²) in [5, 5.41) is 11.0. The third-order valence-corrected chi connectivity index (χ3v) is 11.4. The number of rotatable bonds is 10. The largest absolute Gasteiger partial charge is 0.453 e. The predicted molar refractivity (Wildman–Crippen MR) is 223 cm³/mol. The van der Waals surface area contributed by atoms with Gasteiger partial charge >= 0.3 is 12.2 Å². The smallest absolute Gasteiger partial charge is 0.407 e. The number of methoxy groups -OCH3 is 2. The van der Waals surface area contributed by atoms with Crippen molar-refractivity contribution in [2.75, 3.05) is 37.9 Å². The standard InChI is InChI=1S/C43H44N8O8S/c1-58-42(56)47-35(28-11-5-3-6-12-28)39(54)50-23-9-15-32(50)37(52)44-30-20-17-27(18-21-30)19-22-31-25-49-26-34(46-41(49)60-31)45-38(53)33-16-10-24-51(33)40(55)36(48-43(57)59-2)29-13-7-4-8-14-29/h3,5-7,11-14,17-18,20-21,25-26,32-33,35-36H,4,8-10,15-16,23-24H2,1-2H3,(H,44,52)(H,45,53)(H,47,56)(H,48,57)/t32-,33-,35+,36+/m0/s1. The molecule has 60 heavy (non-hydrogen) atoms. The van der Waals surface area contributed by atoms with Crippen molar-refractivity contribution in [3.8, 4) is 11.8 Å². The Bertz CT molecular complexity index is 2360. The number of alkyl carbamates (subject to hydrolysis) is 2. The van der Waals surface area contributed by atoms with Crippen LogP contribution in [0, 0.1) is 11.8 Å². The molecular weight excluding hydrogens is 789 g/mol. The molecule has 6 amide bonds. The molecule has 4 atom stereocenters. The molecule has 0 spiro atoms. The maximum Gasteiger partial charge on any atom is 0.407 e. The molecule has 4 N–H and O–H groups in total. The van der Waals surface area contributed by atoms with Crippen molar-refractivity contribution in [3.63, 3.8) is 0 Å². The molecule has 0 bridgehead atoms. The number of hydrogen-bond donors (Lipinski definition) is 4. The van der Waals surface area contributed by atoms with Gasteiger partial charge in [0.25, 0.3) is 11.8 Å². The second-order valence-electron chi connectivity index (χ2n) is 14.3. The van der Waals surface area contributed by atoms with E-state index >= 15 is 0 Å². The van der Waals surface area contributed by atoms with Gasteiger partial charge in [-0.15, -0.1) is 0 Å². The van der Waals surface area contributed by atoms with E-state index in [2.05, 4.69) is 38.1 Å². The number of thiazole rings is 1. The van der Waals surface area contributed by atoms with E-state index in [1.54, 1.807) is 59.1 Å². The van der Waals surface area contributed by atoms with E-state index in [9.17, 15) is 28.8 Å². The molecule has 0 unspecified atom stereocenters. The molecule has 2 aromatic heterocycles. The van der Waals surface area contributed by atoms with Crippen molar-refractivity contribution >= 4 is 63.6 Å². The van der Waals surface area contributed by atoms with Gasteiger partial charge in [-0.3, -0.25) is 23.6 Å². The number of carbonyl (C=O) groups excluding carboxylic acids is 6. The lowest BCUT2D eigenvalue weighted by Gasteiger charge is -2.29. The Hall–Kier alpha value is -6.93. The van der Waals surface area contributed by atoms with Crippen LogP contribution in [0.3, 0.4) is 0 Å². The van der Waals surface area contributed by atoms with Crippen molar-refractivity contribution < 1.29 is 38.2 Å². The molecular formula is C43H44N8O8S. The van der Waals surface area contributed by atoms with E-state index < -0.39 is 42.3 Å². The summed E-state index contributed by atoms with van der Waals surface area (Å²) in [5.41, 5.74) is 2.49. The van der Waals surface area contributed by atoms with Crippen LogP contribution in [0.5, 0.6) is 0 Å². The normalized spacial score (nSPS) is 18.1. The van der Waals surface area contributed by atoms with Gasteiger partial charge in [-0.1, -0.05) is 65.8 Å². The molecule has 2 aromatic carbocycles. The molecule has 2 saturated heterocycles. The van der Waals surface area contributed by atoms with E-state index in [4.69, 9.17) is 9.47 Å². The SMILES string of the molecule is COC(=O)N[C@@H](C(=O)N1CCC[C@H]1C(=O)Nc1cn2cc(C#Cc3ccc(NC(=O)[C@@H]4CCCN4C(=O)[C@H](NC(=O)OC)c4ccccc4)cc3)sc2n1)C1=CCCC=C1. The lowest BCUT2D eigenvalue weighted by molar-refractivity contribution is -0.138. The Labute approximate surface area is 350 Å². The molecule has 16 nitrogen and oxygen atoms in total. The van der Waals surface area contributed by atoms with Crippen LogP contribution in [0.1, 0.15) is 60.6 Å². The summed E-state index contributed by atoms with van der Waals surface area (Å²) in [5.74, 6) is 5.13. The highest BCUT2D eigenvalue weighted by atomic mass is 32.1. The number of allylic oxidation sites excluding steroid dienone is 2. The summed E-state index contributed by atoms with van der Waals surface area (Å²) < 4.78 is 11.3. The van der Waals surface area contributed by atoms with Crippen molar-refractivity contribution in [2.24, 2.45) is 0 Å². The average molecular weight is 833 g/mol. The van der Waals surface area contributed by atoms with E-state index in [-0.39, 0.29) is 17.7 Å². The fourth-order valence-corrected chi connectivity index (χ4v) is 8.30. The van der Waals surface area contributed by atoms with Gasteiger partial charge in [0, 0.05) is 30.5 Å². The van der Waals surface area contributed by atoms with Gasteiger partial charge < -0.3 is 40.5 Å². The topological polar surface area (TPSA) is 193 Å². The van der Waals surface area contributed by atoms with Crippen molar-refractivity contribution in [1.82, 2.24) is 29.8 Å². The molecule has 2 fully saturated rings. The molecule has 1 aliphatic carbocycles. The number of ether oxygens (including phenoxy) is 2. The number of aromatic nitrogens is 2. The van der Waals surface area contributed by atoms with Crippen LogP contribution in [0.15, 0.2) is 90.8 Å². The zero-order chi connectivity index (χ0) is 42.2. The number of likely N-dealkylation sites (tertiary alicyclic amines) is 2. The lowest BCUT2D eigenvalue weighted by atomic mass is 9.98. The second kappa shape index (κ2) is 18.8. The van der Waals surface area contributed by atoms with E-state index in [1.165, 1.54) is 35.4 Å².